The summed E-state index contributed by atoms with van der Waals surface area (Å²) >= 11 is 0. The van der Waals surface area contributed by atoms with Crippen molar-refractivity contribution in [2.75, 3.05) is 0 Å². The lowest BCUT2D eigenvalue weighted by molar-refractivity contribution is -0.139. The number of amides is 1. The first-order valence-electron chi connectivity index (χ1n) is 7.83. The number of rotatable bonds is 4. The molecule has 1 aromatic heterocycles. The Kier molecular flexibility index (Phi) is 4.02. The molecule has 0 aliphatic heterocycles. The van der Waals surface area contributed by atoms with Crippen LogP contribution in [0, 0.1) is 0 Å². The van der Waals surface area contributed by atoms with E-state index in [2.05, 4.69) is 15.6 Å². The molecule has 23 heavy (non-hydrogen) atoms. The second-order valence-corrected chi connectivity index (χ2v) is 6.28. The zero-order chi connectivity index (χ0) is 16.4. The smallest absolute Gasteiger partial charge is 0.305 e. The van der Waals surface area contributed by atoms with E-state index in [4.69, 9.17) is 0 Å². The van der Waals surface area contributed by atoms with Crippen LogP contribution in [0.2, 0.25) is 0 Å². The highest BCUT2D eigenvalue weighted by atomic mass is 16.4. The van der Waals surface area contributed by atoms with Crippen molar-refractivity contribution in [3.63, 3.8) is 0 Å². The highest BCUT2D eigenvalue weighted by molar-refractivity contribution is 5.98. The lowest BCUT2D eigenvalue weighted by Gasteiger charge is -2.37. The fraction of sp³-hybridized carbons (Fsp3) is 0.500. The third-order valence-electron chi connectivity index (χ3n) is 4.55. The molecule has 0 atom stereocenters. The molecule has 0 spiro atoms. The van der Waals surface area contributed by atoms with Gasteiger partial charge >= 0.3 is 5.97 Å². The first kappa shape index (κ1) is 15.5. The van der Waals surface area contributed by atoms with Gasteiger partial charge in [0.2, 0.25) is 0 Å². The average Bonchev–Trinajstić information content (AvgIpc) is 2.88. The number of nitrogens with zero attached hydrogens (tertiary/aromatic N) is 3. The summed E-state index contributed by atoms with van der Waals surface area (Å²) in [7, 11) is 1.77. The van der Waals surface area contributed by atoms with E-state index in [9.17, 15) is 14.7 Å². The number of benzene rings is 1. The van der Waals surface area contributed by atoms with Gasteiger partial charge in [0.05, 0.1) is 17.5 Å². The highest BCUT2D eigenvalue weighted by Crippen LogP contribution is 2.31. The van der Waals surface area contributed by atoms with Crippen LogP contribution in [0.25, 0.3) is 11.0 Å². The third kappa shape index (κ3) is 3.18. The molecule has 0 saturated heterocycles. The molecule has 1 amide bonds. The number of carbonyl (C=O) groups is 2. The van der Waals surface area contributed by atoms with Crippen LogP contribution in [0.5, 0.6) is 0 Å². The van der Waals surface area contributed by atoms with Gasteiger partial charge in [0.1, 0.15) is 5.52 Å². The number of fused-ring (bicyclic) bond motifs is 1. The Hall–Kier alpha value is -2.44. The highest BCUT2D eigenvalue weighted by Gasteiger charge is 2.36. The van der Waals surface area contributed by atoms with E-state index < -0.39 is 11.5 Å². The summed E-state index contributed by atoms with van der Waals surface area (Å²) in [4.78, 5) is 23.8. The number of carbonyl (C=O) groups excluding carboxylic acids is 1. The molecule has 1 saturated carbocycles. The fourth-order valence-electron chi connectivity index (χ4n) is 3.35. The Balaban J connectivity index is 1.84. The normalized spacial score (nSPS) is 17.1. The molecule has 0 unspecified atom stereocenters. The molecule has 1 heterocycles. The molecule has 1 aromatic carbocycles. The molecular formula is C16H20N4O3. The summed E-state index contributed by atoms with van der Waals surface area (Å²) in [6, 6.07) is 5.19. The quantitative estimate of drug-likeness (QED) is 0.897. The van der Waals surface area contributed by atoms with Crippen molar-refractivity contribution in [1.29, 1.82) is 0 Å². The Morgan fingerprint density at radius 3 is 2.74 bits per heavy atom. The van der Waals surface area contributed by atoms with Crippen molar-refractivity contribution in [2.45, 2.75) is 44.1 Å². The van der Waals surface area contributed by atoms with Crippen molar-refractivity contribution in [1.82, 2.24) is 20.3 Å². The van der Waals surface area contributed by atoms with Crippen LogP contribution in [-0.4, -0.2) is 37.5 Å². The molecule has 1 aliphatic carbocycles. The molecule has 0 bridgehead atoms. The first-order chi connectivity index (χ1) is 11.0. The van der Waals surface area contributed by atoms with Gasteiger partial charge in [0.15, 0.2) is 0 Å². The number of hydrogen-bond donors (Lipinski definition) is 2. The van der Waals surface area contributed by atoms with Gasteiger partial charge in [-0.1, -0.05) is 24.5 Å². The van der Waals surface area contributed by atoms with Crippen LogP contribution in [0.4, 0.5) is 0 Å². The molecule has 2 aromatic rings. The van der Waals surface area contributed by atoms with Gasteiger partial charge in [-0.2, -0.15) is 0 Å². The van der Waals surface area contributed by atoms with Crippen molar-refractivity contribution in [2.24, 2.45) is 7.05 Å². The van der Waals surface area contributed by atoms with E-state index in [1.807, 2.05) is 0 Å². The van der Waals surface area contributed by atoms with E-state index >= 15 is 0 Å². The summed E-state index contributed by atoms with van der Waals surface area (Å²) < 4.78 is 1.61. The minimum atomic E-state index is -0.876. The van der Waals surface area contributed by atoms with Crippen molar-refractivity contribution >= 4 is 22.9 Å². The molecule has 2 N–H and O–H groups in total. The van der Waals surface area contributed by atoms with Gasteiger partial charge < -0.3 is 10.4 Å². The fourth-order valence-corrected chi connectivity index (χ4v) is 3.35. The number of carboxylic acids is 1. The molecule has 122 valence electrons. The van der Waals surface area contributed by atoms with Gasteiger partial charge in [0, 0.05) is 12.6 Å². The van der Waals surface area contributed by atoms with Gasteiger partial charge in [-0.05, 0) is 31.0 Å². The number of carboxylic acid groups (broad SMARTS) is 1. The van der Waals surface area contributed by atoms with E-state index in [0.29, 0.717) is 18.4 Å². The van der Waals surface area contributed by atoms with E-state index in [1.54, 1.807) is 29.9 Å². The molecule has 7 nitrogen and oxygen atoms in total. The second-order valence-electron chi connectivity index (χ2n) is 6.28. The molecule has 1 fully saturated rings. The minimum Gasteiger partial charge on any atom is -0.481 e. The van der Waals surface area contributed by atoms with E-state index in [0.717, 1.165) is 30.3 Å². The largest absolute Gasteiger partial charge is 0.481 e. The van der Waals surface area contributed by atoms with Gasteiger partial charge in [-0.15, -0.1) is 5.10 Å². The molecule has 7 heteroatoms. The van der Waals surface area contributed by atoms with Gasteiger partial charge in [-0.25, -0.2) is 4.68 Å². The van der Waals surface area contributed by atoms with Crippen LogP contribution in [-0.2, 0) is 11.8 Å². The van der Waals surface area contributed by atoms with E-state index in [-0.39, 0.29) is 12.3 Å². The van der Waals surface area contributed by atoms with Crippen LogP contribution in [0.15, 0.2) is 18.2 Å². The average molecular weight is 316 g/mol. The summed E-state index contributed by atoms with van der Waals surface area (Å²) in [6.07, 6.45) is 4.36. The Bertz CT molecular complexity index is 747. The maximum absolute atomic E-state index is 12.6. The van der Waals surface area contributed by atoms with Gasteiger partial charge in [-0.3, -0.25) is 9.59 Å². The summed E-state index contributed by atoms with van der Waals surface area (Å²) in [5.41, 5.74) is 1.36. The van der Waals surface area contributed by atoms with E-state index in [1.165, 1.54) is 0 Å². The zero-order valence-electron chi connectivity index (χ0n) is 13.1. The van der Waals surface area contributed by atoms with Crippen LogP contribution >= 0.6 is 0 Å². The lowest BCUT2D eigenvalue weighted by Crippen LogP contribution is -2.51. The molecular weight excluding hydrogens is 296 g/mol. The molecule has 3 rings (SSSR count). The van der Waals surface area contributed by atoms with Crippen LogP contribution in [0.1, 0.15) is 48.9 Å². The number of nitrogens with one attached hydrogen (secondary N) is 1. The molecule has 1 aliphatic rings. The summed E-state index contributed by atoms with van der Waals surface area (Å²) in [5, 5.41) is 20.1. The zero-order valence-corrected chi connectivity index (χ0v) is 13.1. The minimum absolute atomic E-state index is 0.0335. The monoisotopic (exact) mass is 316 g/mol. The standard InChI is InChI=1S/C16H20N4O3/c1-20-13-9-11(5-6-12(13)18-19-20)15(23)17-16(10-14(21)22)7-3-2-4-8-16/h5-6,9H,2-4,7-8,10H2,1H3,(H,17,23)(H,21,22). The molecule has 0 radical (unpaired) electrons. The number of hydrogen-bond acceptors (Lipinski definition) is 4. The summed E-state index contributed by atoms with van der Waals surface area (Å²) in [6.45, 7) is 0. The topological polar surface area (TPSA) is 97.1 Å². The lowest BCUT2D eigenvalue weighted by atomic mass is 9.79. The van der Waals surface area contributed by atoms with Crippen molar-refractivity contribution in [3.8, 4) is 0 Å². The first-order valence-corrected chi connectivity index (χ1v) is 7.83. The van der Waals surface area contributed by atoms with Crippen LogP contribution < -0.4 is 5.32 Å². The Morgan fingerprint density at radius 1 is 1.30 bits per heavy atom. The maximum atomic E-state index is 12.6. The number of aryl methyl sites for hydroxylation is 1. The Morgan fingerprint density at radius 2 is 2.04 bits per heavy atom. The SMILES string of the molecule is Cn1nnc2ccc(C(=O)NC3(CC(=O)O)CCCCC3)cc21. The predicted molar refractivity (Wildman–Crippen MR) is 84.0 cm³/mol. The Labute approximate surface area is 133 Å². The van der Waals surface area contributed by atoms with Crippen molar-refractivity contribution in [3.05, 3.63) is 23.8 Å². The van der Waals surface area contributed by atoms with Crippen molar-refractivity contribution < 1.29 is 14.7 Å². The third-order valence-corrected chi connectivity index (χ3v) is 4.55. The second kappa shape index (κ2) is 5.98. The maximum Gasteiger partial charge on any atom is 0.305 e. The number of aromatic nitrogens is 3. The van der Waals surface area contributed by atoms with Gasteiger partial charge in [0.25, 0.3) is 5.91 Å². The predicted octanol–water partition coefficient (Wildman–Crippen LogP) is 1.88. The summed E-state index contributed by atoms with van der Waals surface area (Å²) in [5.74, 6) is -1.12. The number of aliphatic carboxylic acids is 1. The van der Waals surface area contributed by atoms with Crippen LogP contribution in [0.3, 0.4) is 0 Å².